The summed E-state index contributed by atoms with van der Waals surface area (Å²) in [6.07, 6.45) is 8.13. The number of anilines is 1. The molecule has 2 fully saturated rings. The average Bonchev–Trinajstić information content (AvgIpc) is 2.87. The van der Waals surface area contributed by atoms with Crippen LogP contribution in [0.25, 0.3) is 0 Å². The number of aromatic amines is 1. The standard InChI is InChI=1S/C19H32N4O2.ClH/c1-4-25-15-12-19(20,18(15,2)3)17(24)21-16-11-14(22-23-16)13-9-7-5-6-8-10-13;/h11,13,15H,4-10,12,20H2,1-3H3,(H2,21,22,23,24);1H. The highest BCUT2D eigenvalue weighted by Gasteiger charge is 2.62. The Morgan fingerprint density at radius 1 is 1.35 bits per heavy atom. The number of carbonyl (C=O) groups is 1. The third-order valence-corrected chi connectivity index (χ3v) is 6.37. The van der Waals surface area contributed by atoms with Gasteiger partial charge in [-0.05, 0) is 19.8 Å². The minimum Gasteiger partial charge on any atom is -0.378 e. The zero-order chi connectivity index (χ0) is 18.1. The van der Waals surface area contributed by atoms with Crippen LogP contribution < -0.4 is 11.1 Å². The quantitative estimate of drug-likeness (QED) is 0.674. The molecule has 1 aromatic rings. The molecule has 3 rings (SSSR count). The summed E-state index contributed by atoms with van der Waals surface area (Å²) in [5, 5.41) is 10.3. The highest BCUT2D eigenvalue weighted by molar-refractivity contribution is 5.99. The van der Waals surface area contributed by atoms with E-state index < -0.39 is 11.0 Å². The van der Waals surface area contributed by atoms with Gasteiger partial charge in [-0.15, -0.1) is 12.4 Å². The van der Waals surface area contributed by atoms with Crippen molar-refractivity contribution in [3.63, 3.8) is 0 Å². The van der Waals surface area contributed by atoms with E-state index in [0.29, 0.717) is 24.8 Å². The Hall–Kier alpha value is -1.11. The number of carbonyl (C=O) groups excluding carboxylic acids is 1. The molecule has 26 heavy (non-hydrogen) atoms. The summed E-state index contributed by atoms with van der Waals surface area (Å²) in [6, 6.07) is 1.98. The Morgan fingerprint density at radius 2 is 2.00 bits per heavy atom. The van der Waals surface area contributed by atoms with Crippen LogP contribution >= 0.6 is 12.4 Å². The predicted octanol–water partition coefficient (Wildman–Crippen LogP) is 3.74. The molecule has 1 heterocycles. The van der Waals surface area contributed by atoms with E-state index in [9.17, 15) is 4.79 Å². The lowest BCUT2D eigenvalue weighted by molar-refractivity contribution is -0.166. The number of amides is 1. The Labute approximate surface area is 162 Å². The summed E-state index contributed by atoms with van der Waals surface area (Å²) in [5.41, 5.74) is 6.24. The Balaban J connectivity index is 0.00000243. The molecular formula is C19H33ClN4O2. The van der Waals surface area contributed by atoms with E-state index >= 15 is 0 Å². The molecule has 0 saturated heterocycles. The summed E-state index contributed by atoms with van der Waals surface area (Å²) < 4.78 is 5.70. The topological polar surface area (TPSA) is 93.0 Å². The largest absolute Gasteiger partial charge is 0.378 e. The van der Waals surface area contributed by atoms with E-state index in [0.717, 1.165) is 5.69 Å². The highest BCUT2D eigenvalue weighted by atomic mass is 35.5. The summed E-state index contributed by atoms with van der Waals surface area (Å²) in [4.78, 5) is 12.8. The molecule has 4 N–H and O–H groups in total. The van der Waals surface area contributed by atoms with Crippen LogP contribution in [0.4, 0.5) is 5.82 Å². The molecule has 0 bridgehead atoms. The molecule has 2 saturated carbocycles. The predicted molar refractivity (Wildman–Crippen MR) is 106 cm³/mol. The van der Waals surface area contributed by atoms with Crippen molar-refractivity contribution in [1.82, 2.24) is 10.2 Å². The van der Waals surface area contributed by atoms with Gasteiger partial charge in [0, 0.05) is 36.1 Å². The Morgan fingerprint density at radius 3 is 2.58 bits per heavy atom. The highest BCUT2D eigenvalue weighted by Crippen LogP contribution is 2.50. The molecule has 0 aliphatic heterocycles. The van der Waals surface area contributed by atoms with Crippen molar-refractivity contribution < 1.29 is 9.53 Å². The Bertz CT molecular complexity index is 610. The van der Waals surface area contributed by atoms with Crippen molar-refractivity contribution in [3.05, 3.63) is 11.8 Å². The fraction of sp³-hybridized carbons (Fsp3) is 0.789. The van der Waals surface area contributed by atoms with Crippen LogP contribution in [0.3, 0.4) is 0 Å². The van der Waals surface area contributed by atoms with E-state index in [-0.39, 0.29) is 24.4 Å². The molecule has 148 valence electrons. The van der Waals surface area contributed by atoms with Crippen LogP contribution in [0.2, 0.25) is 0 Å². The van der Waals surface area contributed by atoms with Crippen LogP contribution in [0.1, 0.15) is 77.3 Å². The van der Waals surface area contributed by atoms with Gasteiger partial charge in [-0.1, -0.05) is 39.5 Å². The summed E-state index contributed by atoms with van der Waals surface area (Å²) in [5.74, 6) is 0.923. The molecule has 1 amide bonds. The number of nitrogens with zero attached hydrogens (tertiary/aromatic N) is 1. The second-order valence-electron chi connectivity index (χ2n) is 8.19. The first-order valence-corrected chi connectivity index (χ1v) is 9.65. The second kappa shape index (κ2) is 8.28. The van der Waals surface area contributed by atoms with Crippen LogP contribution in [0.15, 0.2) is 6.07 Å². The zero-order valence-electron chi connectivity index (χ0n) is 16.1. The van der Waals surface area contributed by atoms with Crippen LogP contribution in [-0.2, 0) is 9.53 Å². The number of rotatable bonds is 5. The van der Waals surface area contributed by atoms with E-state index in [1.54, 1.807) is 0 Å². The van der Waals surface area contributed by atoms with E-state index in [2.05, 4.69) is 15.5 Å². The molecule has 2 unspecified atom stereocenters. The van der Waals surface area contributed by atoms with Gasteiger partial charge in [-0.3, -0.25) is 9.89 Å². The molecule has 2 aliphatic rings. The maximum absolute atomic E-state index is 12.8. The van der Waals surface area contributed by atoms with Gasteiger partial charge in [-0.2, -0.15) is 5.10 Å². The minimum atomic E-state index is -0.922. The number of nitrogens with one attached hydrogen (secondary N) is 2. The lowest BCUT2D eigenvalue weighted by Crippen LogP contribution is -2.74. The third-order valence-electron chi connectivity index (χ3n) is 6.37. The van der Waals surface area contributed by atoms with Crippen molar-refractivity contribution in [2.45, 2.75) is 83.3 Å². The average molecular weight is 385 g/mol. The van der Waals surface area contributed by atoms with Gasteiger partial charge in [0.2, 0.25) is 5.91 Å². The number of hydrogen-bond acceptors (Lipinski definition) is 4. The van der Waals surface area contributed by atoms with E-state index in [4.69, 9.17) is 10.5 Å². The minimum absolute atomic E-state index is 0. The fourth-order valence-electron chi connectivity index (χ4n) is 4.25. The maximum Gasteiger partial charge on any atom is 0.246 e. The van der Waals surface area contributed by atoms with Crippen LogP contribution in [-0.4, -0.2) is 34.4 Å². The summed E-state index contributed by atoms with van der Waals surface area (Å²) in [7, 11) is 0. The van der Waals surface area contributed by atoms with Crippen molar-refractivity contribution in [3.8, 4) is 0 Å². The molecule has 2 aliphatic carbocycles. The fourth-order valence-corrected chi connectivity index (χ4v) is 4.25. The van der Waals surface area contributed by atoms with Gasteiger partial charge >= 0.3 is 0 Å². The molecule has 2 atom stereocenters. The van der Waals surface area contributed by atoms with Crippen LogP contribution in [0.5, 0.6) is 0 Å². The van der Waals surface area contributed by atoms with E-state index in [1.807, 2.05) is 26.8 Å². The molecule has 1 aromatic heterocycles. The van der Waals surface area contributed by atoms with Gasteiger partial charge in [-0.25, -0.2) is 0 Å². The molecule has 0 aromatic carbocycles. The van der Waals surface area contributed by atoms with Gasteiger partial charge in [0.05, 0.1) is 6.10 Å². The monoisotopic (exact) mass is 384 g/mol. The van der Waals surface area contributed by atoms with Crippen molar-refractivity contribution in [1.29, 1.82) is 0 Å². The number of nitrogens with two attached hydrogens (primary N) is 1. The van der Waals surface area contributed by atoms with Crippen LogP contribution in [0, 0.1) is 5.41 Å². The van der Waals surface area contributed by atoms with Crippen molar-refractivity contribution in [2.75, 3.05) is 11.9 Å². The first-order chi connectivity index (χ1) is 11.9. The summed E-state index contributed by atoms with van der Waals surface area (Å²) in [6.45, 7) is 6.59. The summed E-state index contributed by atoms with van der Waals surface area (Å²) >= 11 is 0. The van der Waals surface area contributed by atoms with Gasteiger partial charge < -0.3 is 15.8 Å². The lowest BCUT2D eigenvalue weighted by atomic mass is 9.54. The van der Waals surface area contributed by atoms with Crippen molar-refractivity contribution in [2.24, 2.45) is 11.1 Å². The number of hydrogen-bond donors (Lipinski definition) is 3. The normalized spacial score (nSPS) is 28.5. The SMILES string of the molecule is CCOC1CC(N)(C(=O)Nc2cc(C3CCCCCC3)[nH]n2)C1(C)C.Cl. The smallest absolute Gasteiger partial charge is 0.246 e. The van der Waals surface area contributed by atoms with Gasteiger partial charge in [0.1, 0.15) is 5.54 Å². The van der Waals surface area contributed by atoms with Gasteiger partial charge in [0.15, 0.2) is 5.82 Å². The first-order valence-electron chi connectivity index (χ1n) is 9.65. The molecular weight excluding hydrogens is 352 g/mol. The number of halogens is 1. The Kier molecular flexibility index (Phi) is 6.75. The molecule has 6 nitrogen and oxygen atoms in total. The number of aromatic nitrogens is 2. The first kappa shape index (κ1) is 21.2. The lowest BCUT2D eigenvalue weighted by Gasteiger charge is -2.57. The molecule has 0 radical (unpaired) electrons. The maximum atomic E-state index is 12.8. The van der Waals surface area contributed by atoms with E-state index in [1.165, 1.54) is 38.5 Å². The van der Waals surface area contributed by atoms with Crippen molar-refractivity contribution >= 4 is 24.1 Å². The number of H-pyrrole nitrogens is 1. The molecule has 7 heteroatoms. The third kappa shape index (κ3) is 3.78. The molecule has 0 spiro atoms. The van der Waals surface area contributed by atoms with Gasteiger partial charge in [0.25, 0.3) is 0 Å². The number of ether oxygens (including phenoxy) is 1. The zero-order valence-corrected chi connectivity index (χ0v) is 17.0. The second-order valence-corrected chi connectivity index (χ2v) is 8.19.